The van der Waals surface area contributed by atoms with E-state index in [1.807, 2.05) is 26.0 Å². The number of hydrogen-bond acceptors (Lipinski definition) is 5. The Kier molecular flexibility index (Phi) is 5.51. The number of pyridine rings is 1. The predicted molar refractivity (Wildman–Crippen MR) is 94.5 cm³/mol. The number of fused-ring (bicyclic) bond motifs is 1. The first-order valence-electron chi connectivity index (χ1n) is 7.54. The SMILES string of the molecule is CN(C)C(=O)OCCOc1ccc(C(C)(C)N)c2cc(Cl)ncc12. The van der Waals surface area contributed by atoms with E-state index >= 15 is 0 Å². The monoisotopic (exact) mass is 351 g/mol. The third-order valence-corrected chi connectivity index (χ3v) is 3.66. The van der Waals surface area contributed by atoms with Crippen molar-refractivity contribution >= 4 is 28.5 Å². The van der Waals surface area contributed by atoms with Crippen molar-refractivity contribution in [1.82, 2.24) is 9.88 Å². The molecular weight excluding hydrogens is 330 g/mol. The van der Waals surface area contributed by atoms with Gasteiger partial charge in [-0.3, -0.25) is 0 Å². The number of rotatable bonds is 5. The Morgan fingerprint density at radius 3 is 2.62 bits per heavy atom. The van der Waals surface area contributed by atoms with Crippen molar-refractivity contribution in [2.75, 3.05) is 27.3 Å². The molecule has 0 radical (unpaired) electrons. The van der Waals surface area contributed by atoms with E-state index in [9.17, 15) is 4.79 Å². The van der Waals surface area contributed by atoms with Crippen LogP contribution in [-0.4, -0.2) is 43.3 Å². The van der Waals surface area contributed by atoms with Crippen molar-refractivity contribution in [1.29, 1.82) is 0 Å². The molecule has 0 fully saturated rings. The van der Waals surface area contributed by atoms with Gasteiger partial charge in [-0.2, -0.15) is 0 Å². The van der Waals surface area contributed by atoms with Crippen LogP contribution >= 0.6 is 11.6 Å². The Labute approximate surface area is 146 Å². The van der Waals surface area contributed by atoms with E-state index in [0.717, 1.165) is 16.3 Å². The van der Waals surface area contributed by atoms with Crippen molar-refractivity contribution in [3.8, 4) is 5.75 Å². The highest BCUT2D eigenvalue weighted by molar-refractivity contribution is 6.30. The van der Waals surface area contributed by atoms with Crippen molar-refractivity contribution in [2.45, 2.75) is 19.4 Å². The summed E-state index contributed by atoms with van der Waals surface area (Å²) in [6, 6.07) is 5.54. The molecule has 1 aromatic heterocycles. The lowest BCUT2D eigenvalue weighted by Gasteiger charge is -2.22. The lowest BCUT2D eigenvalue weighted by atomic mass is 9.91. The van der Waals surface area contributed by atoms with Gasteiger partial charge in [-0.1, -0.05) is 17.7 Å². The normalized spacial score (nSPS) is 11.4. The van der Waals surface area contributed by atoms with Crippen LogP contribution in [0.3, 0.4) is 0 Å². The van der Waals surface area contributed by atoms with Crippen LogP contribution in [0.25, 0.3) is 10.8 Å². The van der Waals surface area contributed by atoms with E-state index in [4.69, 9.17) is 26.8 Å². The molecular formula is C17H22ClN3O3. The average molecular weight is 352 g/mol. The van der Waals surface area contributed by atoms with Crippen LogP contribution in [-0.2, 0) is 10.3 Å². The van der Waals surface area contributed by atoms with Gasteiger partial charge in [0.1, 0.15) is 24.1 Å². The summed E-state index contributed by atoms with van der Waals surface area (Å²) in [6.07, 6.45) is 1.26. The number of amides is 1. The molecule has 0 aliphatic heterocycles. The molecule has 0 spiro atoms. The molecule has 0 atom stereocenters. The van der Waals surface area contributed by atoms with Crippen LogP contribution in [0.15, 0.2) is 24.4 Å². The van der Waals surface area contributed by atoms with Gasteiger partial charge in [0.05, 0.1) is 0 Å². The molecule has 6 nitrogen and oxygen atoms in total. The summed E-state index contributed by atoms with van der Waals surface area (Å²) in [5.74, 6) is 0.642. The van der Waals surface area contributed by atoms with Gasteiger partial charge < -0.3 is 20.1 Å². The molecule has 1 amide bonds. The molecule has 24 heavy (non-hydrogen) atoms. The van der Waals surface area contributed by atoms with Crippen molar-refractivity contribution in [3.63, 3.8) is 0 Å². The maximum Gasteiger partial charge on any atom is 0.409 e. The highest BCUT2D eigenvalue weighted by atomic mass is 35.5. The fourth-order valence-corrected chi connectivity index (χ4v) is 2.44. The minimum Gasteiger partial charge on any atom is -0.489 e. The number of nitrogens with two attached hydrogens (primary N) is 1. The minimum atomic E-state index is -0.525. The van der Waals surface area contributed by atoms with Gasteiger partial charge >= 0.3 is 6.09 Å². The van der Waals surface area contributed by atoms with E-state index in [-0.39, 0.29) is 13.2 Å². The molecule has 1 aromatic carbocycles. The lowest BCUT2D eigenvalue weighted by Crippen LogP contribution is -2.29. The summed E-state index contributed by atoms with van der Waals surface area (Å²) in [5.41, 5.74) is 6.67. The van der Waals surface area contributed by atoms with E-state index in [0.29, 0.717) is 10.9 Å². The minimum absolute atomic E-state index is 0.156. The molecule has 0 saturated heterocycles. The predicted octanol–water partition coefficient (Wildman–Crippen LogP) is 3.16. The Morgan fingerprint density at radius 2 is 2.00 bits per heavy atom. The van der Waals surface area contributed by atoms with E-state index in [1.54, 1.807) is 26.4 Å². The second kappa shape index (κ2) is 7.23. The van der Waals surface area contributed by atoms with Gasteiger partial charge in [0, 0.05) is 31.2 Å². The smallest absolute Gasteiger partial charge is 0.409 e. The number of ether oxygens (including phenoxy) is 2. The number of carbonyl (C=O) groups excluding carboxylic acids is 1. The van der Waals surface area contributed by atoms with Crippen LogP contribution in [0.5, 0.6) is 5.75 Å². The third kappa shape index (κ3) is 4.27. The van der Waals surface area contributed by atoms with E-state index in [1.165, 1.54) is 4.90 Å². The molecule has 0 aliphatic carbocycles. The second-order valence-electron chi connectivity index (χ2n) is 6.24. The van der Waals surface area contributed by atoms with Gasteiger partial charge in [0.15, 0.2) is 0 Å². The van der Waals surface area contributed by atoms with Crippen LogP contribution in [0, 0.1) is 0 Å². The first-order valence-corrected chi connectivity index (χ1v) is 7.92. The third-order valence-electron chi connectivity index (χ3n) is 3.45. The molecule has 0 bridgehead atoms. The first-order chi connectivity index (χ1) is 11.2. The summed E-state index contributed by atoms with van der Waals surface area (Å²) in [7, 11) is 3.25. The zero-order chi connectivity index (χ0) is 17.9. The molecule has 0 saturated carbocycles. The Balaban J connectivity index is 2.21. The van der Waals surface area contributed by atoms with Crippen molar-refractivity contribution in [3.05, 3.63) is 35.1 Å². The maximum atomic E-state index is 11.4. The van der Waals surface area contributed by atoms with Crippen LogP contribution in [0.4, 0.5) is 4.79 Å². The highest BCUT2D eigenvalue weighted by Crippen LogP contribution is 2.33. The summed E-state index contributed by atoms with van der Waals surface area (Å²) in [4.78, 5) is 16.9. The van der Waals surface area contributed by atoms with Gasteiger partial charge in [0.25, 0.3) is 0 Å². The Hall–Kier alpha value is -2.05. The quantitative estimate of drug-likeness (QED) is 0.661. The molecule has 0 aliphatic rings. The molecule has 7 heteroatoms. The fourth-order valence-electron chi connectivity index (χ4n) is 2.29. The van der Waals surface area contributed by atoms with Gasteiger partial charge in [-0.25, -0.2) is 9.78 Å². The van der Waals surface area contributed by atoms with Gasteiger partial charge in [-0.15, -0.1) is 0 Å². The van der Waals surface area contributed by atoms with Crippen LogP contribution < -0.4 is 10.5 Å². The molecule has 130 valence electrons. The molecule has 2 rings (SSSR count). The van der Waals surface area contributed by atoms with Crippen LogP contribution in [0.2, 0.25) is 5.15 Å². The standard InChI is InChI=1S/C17H22ClN3O3/c1-17(2,19)13-5-6-14(12-10-20-15(18)9-11(12)13)23-7-8-24-16(22)21(3)4/h5-6,9-10H,7-8,19H2,1-4H3. The zero-order valence-corrected chi connectivity index (χ0v) is 15.1. The average Bonchev–Trinajstić information content (AvgIpc) is 2.49. The van der Waals surface area contributed by atoms with E-state index < -0.39 is 11.6 Å². The Morgan fingerprint density at radius 1 is 1.29 bits per heavy atom. The summed E-state index contributed by atoms with van der Waals surface area (Å²) < 4.78 is 10.8. The number of hydrogen-bond donors (Lipinski definition) is 1. The number of benzene rings is 1. The van der Waals surface area contributed by atoms with Crippen molar-refractivity contribution < 1.29 is 14.3 Å². The lowest BCUT2D eigenvalue weighted by molar-refractivity contribution is 0.102. The Bertz CT molecular complexity index is 742. The van der Waals surface area contributed by atoms with Gasteiger partial charge in [0.2, 0.25) is 0 Å². The van der Waals surface area contributed by atoms with E-state index in [2.05, 4.69) is 4.98 Å². The van der Waals surface area contributed by atoms with Crippen LogP contribution in [0.1, 0.15) is 19.4 Å². The van der Waals surface area contributed by atoms with Gasteiger partial charge in [-0.05, 0) is 36.9 Å². The fraction of sp³-hybridized carbons (Fsp3) is 0.412. The number of halogens is 1. The zero-order valence-electron chi connectivity index (χ0n) is 14.3. The highest BCUT2D eigenvalue weighted by Gasteiger charge is 2.19. The number of nitrogens with zero attached hydrogens (tertiary/aromatic N) is 2. The first kappa shape index (κ1) is 18.3. The molecule has 0 unspecified atom stereocenters. The molecule has 2 aromatic rings. The largest absolute Gasteiger partial charge is 0.489 e. The summed E-state index contributed by atoms with van der Waals surface area (Å²) in [6.45, 7) is 4.25. The number of carbonyl (C=O) groups is 1. The maximum absolute atomic E-state index is 11.4. The second-order valence-corrected chi connectivity index (χ2v) is 6.63. The summed E-state index contributed by atoms with van der Waals surface area (Å²) in [5, 5.41) is 2.10. The van der Waals surface area contributed by atoms with Crippen molar-refractivity contribution in [2.24, 2.45) is 5.73 Å². The topological polar surface area (TPSA) is 77.7 Å². The summed E-state index contributed by atoms with van der Waals surface area (Å²) >= 11 is 6.03. The molecule has 1 heterocycles. The molecule has 2 N–H and O–H groups in total. The number of aromatic nitrogens is 1.